The first kappa shape index (κ1) is 48.7. The molecule has 2 rings (SSSR count). The number of rotatable bonds is 18. The number of hydrogen-bond donors (Lipinski definition) is 0. The molecule has 0 N–H and O–H groups in total. The van der Waals surface area contributed by atoms with Crippen molar-refractivity contribution in [3.8, 4) is 0 Å². The van der Waals surface area contributed by atoms with Crippen LogP contribution in [0.4, 0.5) is 87.8 Å². The standard InChI is InChI=1S/C14H13O.4C4H4F5.O.2Sn/c1-14(15,12-8-4-2-5-9-12)13-10-6-3-7-11-13;4*1-2(5)4(8,9)3(6)7;;;/h2-11H,1H3;4*2H,1H3;;;/q-1;;;;;;;+1. The monoisotopic (exact) mass is 1040 g/mol. The fourth-order valence-electron chi connectivity index (χ4n) is 4.77. The van der Waals surface area contributed by atoms with Gasteiger partial charge in [-0.15, -0.1) is 0 Å². The van der Waals surface area contributed by atoms with E-state index in [9.17, 15) is 35.1 Å². The van der Waals surface area contributed by atoms with E-state index in [1.54, 1.807) is 0 Å². The fourth-order valence-corrected chi connectivity index (χ4v) is 35.1. The molecule has 2 aromatic rings. The molecule has 309 valence electrons. The Bertz CT molecular complexity index is 1430. The maximum atomic E-state index is 16.6. The normalized spacial score (nSPS) is 18.3. The van der Waals surface area contributed by atoms with Crippen molar-refractivity contribution in [3.63, 3.8) is 0 Å². The van der Waals surface area contributed by atoms with Crippen LogP contribution in [0.1, 0.15) is 45.7 Å². The molecule has 2 nitrogen and oxygen atoms in total. The van der Waals surface area contributed by atoms with Crippen molar-refractivity contribution in [1.29, 1.82) is 0 Å². The maximum absolute atomic E-state index is 16.6. The van der Waals surface area contributed by atoms with Gasteiger partial charge in [0, 0.05) is 0 Å². The second-order valence-corrected chi connectivity index (χ2v) is 29.8. The van der Waals surface area contributed by atoms with E-state index in [0.717, 1.165) is 36.4 Å². The summed E-state index contributed by atoms with van der Waals surface area (Å²) in [5, 5.41) is 0. The molecule has 0 saturated heterocycles. The van der Waals surface area contributed by atoms with Gasteiger partial charge in [-0.3, -0.25) is 0 Å². The van der Waals surface area contributed by atoms with Gasteiger partial charge >= 0.3 is 308 Å². The third kappa shape index (κ3) is 7.63. The summed E-state index contributed by atoms with van der Waals surface area (Å²) >= 11 is -21.2. The van der Waals surface area contributed by atoms with Crippen LogP contribution in [0.3, 0.4) is 0 Å². The average Bonchev–Trinajstić information content (AvgIpc) is 3.06. The molecule has 0 bridgehead atoms. The van der Waals surface area contributed by atoms with Crippen molar-refractivity contribution in [2.45, 2.75) is 104 Å². The molecule has 0 heterocycles. The van der Waals surface area contributed by atoms with Crippen LogP contribution >= 0.6 is 0 Å². The summed E-state index contributed by atoms with van der Waals surface area (Å²) in [6, 6.07) is 8.22. The predicted octanol–water partition coefficient (Wildman–Crippen LogP) is 11.1. The van der Waals surface area contributed by atoms with Gasteiger partial charge in [0.1, 0.15) is 0 Å². The van der Waals surface area contributed by atoms with E-state index < -0.39 is 148 Å². The van der Waals surface area contributed by atoms with E-state index in [4.69, 9.17) is 0 Å². The zero-order valence-electron chi connectivity index (χ0n) is 28.0. The molecule has 4 atom stereocenters. The molecule has 0 aliphatic heterocycles. The van der Waals surface area contributed by atoms with Crippen LogP contribution in [-0.4, -0.2) is 104 Å². The van der Waals surface area contributed by atoms with Crippen molar-refractivity contribution in [1.82, 2.24) is 0 Å². The molecule has 2 aromatic carbocycles. The minimum atomic E-state index is -11.4. The summed E-state index contributed by atoms with van der Waals surface area (Å²) < 4.78 is 285. The number of hydrogen-bond acceptors (Lipinski definition) is 2. The summed E-state index contributed by atoms with van der Waals surface area (Å²) in [7, 11) is 0. The SMILES string of the molecule is CC(F)C(F)(F)[C](F)(F)[Sn]([O][Sn]([O]C(C)(c1ccccc1)c1ccccc1)([C](F)(F)C(F)(F)C(C)F)[C](F)(F)C(F)(F)C(C)F)[C](F)(F)C(F)(F)C(C)F. The van der Waals surface area contributed by atoms with Crippen molar-refractivity contribution in [2.75, 3.05) is 0 Å². The van der Waals surface area contributed by atoms with Gasteiger partial charge in [0.05, 0.1) is 0 Å². The number of benzene rings is 2. The van der Waals surface area contributed by atoms with Gasteiger partial charge in [0.15, 0.2) is 0 Å². The Hall–Kier alpha value is -1.44. The van der Waals surface area contributed by atoms with Crippen LogP contribution in [0.5, 0.6) is 0 Å². The van der Waals surface area contributed by atoms with Crippen molar-refractivity contribution in [3.05, 3.63) is 71.8 Å². The molecule has 1 radical (unpaired) electrons. The van der Waals surface area contributed by atoms with Gasteiger partial charge in [-0.25, -0.2) is 0 Å². The zero-order chi connectivity index (χ0) is 42.5. The van der Waals surface area contributed by atoms with E-state index in [0.29, 0.717) is 24.3 Å². The topological polar surface area (TPSA) is 18.5 Å². The number of halogens is 20. The molecule has 0 aliphatic rings. The van der Waals surface area contributed by atoms with Crippen LogP contribution in [0.2, 0.25) is 0 Å². The Morgan fingerprint density at radius 3 is 0.963 bits per heavy atom. The Labute approximate surface area is 306 Å². The molecule has 0 aromatic heterocycles. The third-order valence-electron chi connectivity index (χ3n) is 8.31. The van der Waals surface area contributed by atoms with Gasteiger partial charge in [0.2, 0.25) is 0 Å². The van der Waals surface area contributed by atoms with E-state index >= 15 is 52.7 Å². The van der Waals surface area contributed by atoms with Gasteiger partial charge in [-0.05, 0) is 0 Å². The van der Waals surface area contributed by atoms with Crippen LogP contribution < -0.4 is 0 Å². The molecule has 0 fully saturated rings. The zero-order valence-corrected chi connectivity index (χ0v) is 33.7. The summed E-state index contributed by atoms with van der Waals surface area (Å²) in [6.07, 6.45) is -18.4. The second-order valence-electron chi connectivity index (χ2n) is 12.2. The molecular weight excluding hydrogens is 1010 g/mol. The molecule has 4 unspecified atom stereocenters. The molecule has 54 heavy (non-hydrogen) atoms. The summed E-state index contributed by atoms with van der Waals surface area (Å²) in [4.78, 5) is 0. The van der Waals surface area contributed by atoms with E-state index in [-0.39, 0.29) is 6.92 Å². The molecular formula is C30H29F20O2Sn2. The Morgan fingerprint density at radius 1 is 0.463 bits per heavy atom. The van der Waals surface area contributed by atoms with Crippen molar-refractivity contribution < 1.29 is 92.3 Å². The van der Waals surface area contributed by atoms with E-state index in [1.165, 1.54) is 0 Å². The second kappa shape index (κ2) is 15.7. The fraction of sp³-hybridized carbons (Fsp3) is 0.600. The van der Waals surface area contributed by atoms with Crippen molar-refractivity contribution in [2.24, 2.45) is 0 Å². The Balaban J connectivity index is 3.54. The van der Waals surface area contributed by atoms with Gasteiger partial charge < -0.3 is 0 Å². The minimum absolute atomic E-state index is 0.239. The number of alkyl halides is 20. The first-order valence-electron chi connectivity index (χ1n) is 15.0. The van der Waals surface area contributed by atoms with E-state index in [1.807, 2.05) is 0 Å². The average molecular weight is 1040 g/mol. The molecule has 24 heteroatoms. The first-order chi connectivity index (χ1) is 24.0. The van der Waals surface area contributed by atoms with E-state index in [2.05, 4.69) is 4.49 Å². The van der Waals surface area contributed by atoms with Gasteiger partial charge in [0.25, 0.3) is 0 Å². The summed E-state index contributed by atoms with van der Waals surface area (Å²) in [5.74, 6) is -27.9. The summed E-state index contributed by atoms with van der Waals surface area (Å²) in [6.45, 7) is -2.17. The van der Waals surface area contributed by atoms with Crippen LogP contribution in [0.15, 0.2) is 60.7 Å². The van der Waals surface area contributed by atoms with Crippen LogP contribution in [0, 0.1) is 0 Å². The van der Waals surface area contributed by atoms with Gasteiger partial charge in [-0.1, -0.05) is 0 Å². The van der Waals surface area contributed by atoms with Crippen LogP contribution in [-0.2, 0) is 10.1 Å². The molecule has 0 amide bonds. The Morgan fingerprint density at radius 2 is 0.722 bits per heavy atom. The Kier molecular flexibility index (Phi) is 14.2. The predicted molar refractivity (Wildman–Crippen MR) is 155 cm³/mol. The molecule has 0 aliphatic carbocycles. The molecule has 0 spiro atoms. The summed E-state index contributed by atoms with van der Waals surface area (Å²) in [5.41, 5.74) is -5.48. The van der Waals surface area contributed by atoms with Crippen molar-refractivity contribution >= 4 is 39.4 Å². The van der Waals surface area contributed by atoms with Gasteiger partial charge in [-0.2, -0.15) is 0 Å². The third-order valence-corrected chi connectivity index (χ3v) is 32.9. The first-order valence-corrected chi connectivity index (χ1v) is 24.2. The molecule has 0 saturated carbocycles. The quantitative estimate of drug-likeness (QED) is 0.109. The van der Waals surface area contributed by atoms with Crippen LogP contribution in [0.25, 0.3) is 0 Å².